The van der Waals surface area contributed by atoms with Gasteiger partial charge in [0, 0.05) is 18.9 Å². The third-order valence-electron chi connectivity index (χ3n) is 2.95. The van der Waals surface area contributed by atoms with Gasteiger partial charge in [0.25, 0.3) is 0 Å². The van der Waals surface area contributed by atoms with Gasteiger partial charge in [-0.3, -0.25) is 0 Å². The number of hydrogen-bond donors (Lipinski definition) is 1. The van der Waals surface area contributed by atoms with Crippen LogP contribution in [0.15, 0.2) is 55.4 Å². The van der Waals surface area contributed by atoms with E-state index in [0.717, 1.165) is 18.9 Å². The molecule has 3 heteroatoms. The van der Waals surface area contributed by atoms with Crippen molar-refractivity contribution in [3.05, 3.63) is 60.9 Å². The minimum absolute atomic E-state index is 0.289. The number of aromatic nitrogens is 2. The van der Waals surface area contributed by atoms with E-state index in [-0.39, 0.29) is 6.04 Å². The summed E-state index contributed by atoms with van der Waals surface area (Å²) in [5.41, 5.74) is 1.29. The molecule has 1 heterocycles. The van der Waals surface area contributed by atoms with Crippen LogP contribution in [0, 0.1) is 0 Å². The zero-order chi connectivity index (χ0) is 12.8. The fourth-order valence-electron chi connectivity index (χ4n) is 2.00. The molecule has 0 bridgehead atoms. The molecule has 1 atom stereocenters. The first-order valence-corrected chi connectivity index (χ1v) is 6.28. The first-order chi connectivity index (χ1) is 8.85. The van der Waals surface area contributed by atoms with Crippen molar-refractivity contribution < 1.29 is 0 Å². The molecule has 1 unspecified atom stereocenters. The van der Waals surface area contributed by atoms with Crippen LogP contribution in [-0.4, -0.2) is 9.55 Å². The van der Waals surface area contributed by atoms with E-state index in [2.05, 4.69) is 52.6 Å². The van der Waals surface area contributed by atoms with Crippen molar-refractivity contribution in [2.75, 3.05) is 5.32 Å². The van der Waals surface area contributed by atoms with Crippen LogP contribution in [0.2, 0.25) is 0 Å². The zero-order valence-corrected chi connectivity index (χ0v) is 10.7. The summed E-state index contributed by atoms with van der Waals surface area (Å²) in [6, 6.07) is 10.7. The van der Waals surface area contributed by atoms with Crippen molar-refractivity contribution in [1.82, 2.24) is 9.55 Å². The van der Waals surface area contributed by atoms with Crippen LogP contribution in [0.3, 0.4) is 0 Å². The fraction of sp³-hybridized carbons (Fsp3) is 0.267. The van der Waals surface area contributed by atoms with Gasteiger partial charge in [0.15, 0.2) is 0 Å². The van der Waals surface area contributed by atoms with Crippen molar-refractivity contribution in [3.8, 4) is 0 Å². The van der Waals surface area contributed by atoms with Crippen molar-refractivity contribution in [1.29, 1.82) is 0 Å². The second kappa shape index (κ2) is 6.05. The van der Waals surface area contributed by atoms with E-state index in [9.17, 15) is 0 Å². The molecule has 1 aromatic carbocycles. The zero-order valence-electron chi connectivity index (χ0n) is 10.7. The molecular formula is C15H19N3. The summed E-state index contributed by atoms with van der Waals surface area (Å²) < 4.78 is 2.05. The van der Waals surface area contributed by atoms with E-state index < -0.39 is 0 Å². The predicted octanol–water partition coefficient (Wildman–Crippen LogP) is 3.63. The topological polar surface area (TPSA) is 29.9 Å². The highest BCUT2D eigenvalue weighted by molar-refractivity contribution is 5.33. The van der Waals surface area contributed by atoms with Crippen molar-refractivity contribution in [2.45, 2.75) is 25.9 Å². The van der Waals surface area contributed by atoms with Crippen LogP contribution in [0.4, 0.5) is 5.95 Å². The molecule has 0 spiro atoms. The third-order valence-corrected chi connectivity index (χ3v) is 2.95. The molecular weight excluding hydrogens is 222 g/mol. The summed E-state index contributed by atoms with van der Waals surface area (Å²) >= 11 is 0. The number of rotatable bonds is 6. The smallest absolute Gasteiger partial charge is 0.203 e. The number of nitrogens with one attached hydrogen (secondary N) is 1. The molecule has 2 aromatic rings. The third kappa shape index (κ3) is 2.80. The normalized spacial score (nSPS) is 12.1. The van der Waals surface area contributed by atoms with E-state index in [1.54, 1.807) is 0 Å². The highest BCUT2D eigenvalue weighted by atomic mass is 15.2. The summed E-state index contributed by atoms with van der Waals surface area (Å²) in [4.78, 5) is 4.35. The lowest BCUT2D eigenvalue weighted by Gasteiger charge is -2.18. The molecule has 2 rings (SSSR count). The Balaban J connectivity index is 2.15. The monoisotopic (exact) mass is 241 g/mol. The summed E-state index contributed by atoms with van der Waals surface area (Å²) in [5, 5.41) is 3.48. The van der Waals surface area contributed by atoms with Gasteiger partial charge in [-0.25, -0.2) is 4.98 Å². The van der Waals surface area contributed by atoms with Gasteiger partial charge in [0.2, 0.25) is 5.95 Å². The summed E-state index contributed by atoms with van der Waals surface area (Å²) in [7, 11) is 0. The number of hydrogen-bond acceptors (Lipinski definition) is 2. The maximum Gasteiger partial charge on any atom is 0.203 e. The van der Waals surface area contributed by atoms with Crippen LogP contribution < -0.4 is 5.32 Å². The van der Waals surface area contributed by atoms with Gasteiger partial charge >= 0.3 is 0 Å². The summed E-state index contributed by atoms with van der Waals surface area (Å²) in [6.45, 7) is 6.70. The van der Waals surface area contributed by atoms with E-state index in [1.165, 1.54) is 5.56 Å². The quantitative estimate of drug-likeness (QED) is 0.783. The number of allylic oxidation sites excluding steroid dienone is 1. The highest BCUT2D eigenvalue weighted by Gasteiger charge is 2.11. The van der Waals surface area contributed by atoms with Crippen LogP contribution in [0.5, 0.6) is 0 Å². The molecule has 0 saturated heterocycles. The van der Waals surface area contributed by atoms with E-state index in [4.69, 9.17) is 0 Å². The van der Waals surface area contributed by atoms with Crippen molar-refractivity contribution >= 4 is 5.95 Å². The lowest BCUT2D eigenvalue weighted by Crippen LogP contribution is -2.13. The fourth-order valence-corrected chi connectivity index (χ4v) is 2.00. The molecule has 0 aliphatic rings. The number of imidazole rings is 1. The lowest BCUT2D eigenvalue weighted by atomic mass is 10.1. The minimum Gasteiger partial charge on any atom is -0.349 e. The minimum atomic E-state index is 0.289. The Morgan fingerprint density at radius 2 is 2.17 bits per heavy atom. The lowest BCUT2D eigenvalue weighted by molar-refractivity contribution is 0.716. The molecule has 0 fully saturated rings. The van der Waals surface area contributed by atoms with Gasteiger partial charge in [0.05, 0.1) is 6.04 Å². The Morgan fingerprint density at radius 3 is 2.83 bits per heavy atom. The molecule has 94 valence electrons. The standard InChI is InChI=1S/C15H19N3/c1-3-11-18-12-10-16-15(18)17-14(4-2)13-8-6-5-7-9-13/h3,5-10,12,14H,1,4,11H2,2H3,(H,16,17). The Labute approximate surface area is 108 Å². The Kier molecular flexibility index (Phi) is 4.18. The maximum atomic E-state index is 4.35. The highest BCUT2D eigenvalue weighted by Crippen LogP contribution is 2.21. The average Bonchev–Trinajstić information content (AvgIpc) is 2.85. The second-order valence-electron chi connectivity index (χ2n) is 4.21. The van der Waals surface area contributed by atoms with Gasteiger partial charge in [-0.15, -0.1) is 6.58 Å². The molecule has 3 nitrogen and oxygen atoms in total. The largest absolute Gasteiger partial charge is 0.349 e. The summed E-state index contributed by atoms with van der Waals surface area (Å²) in [6.07, 6.45) is 6.66. The Hall–Kier alpha value is -2.03. The van der Waals surface area contributed by atoms with E-state index >= 15 is 0 Å². The molecule has 18 heavy (non-hydrogen) atoms. The molecule has 0 amide bonds. The maximum absolute atomic E-state index is 4.35. The van der Waals surface area contributed by atoms with Crippen LogP contribution >= 0.6 is 0 Å². The Bertz CT molecular complexity index is 487. The van der Waals surface area contributed by atoms with Crippen LogP contribution in [-0.2, 0) is 6.54 Å². The van der Waals surface area contributed by atoms with Crippen molar-refractivity contribution in [3.63, 3.8) is 0 Å². The first-order valence-electron chi connectivity index (χ1n) is 6.28. The molecule has 1 N–H and O–H groups in total. The second-order valence-corrected chi connectivity index (χ2v) is 4.21. The van der Waals surface area contributed by atoms with E-state index in [0.29, 0.717) is 0 Å². The SMILES string of the molecule is C=CCn1ccnc1NC(CC)c1ccccc1. The number of nitrogens with zero attached hydrogens (tertiary/aromatic N) is 2. The predicted molar refractivity (Wildman–Crippen MR) is 75.5 cm³/mol. The molecule has 0 aliphatic carbocycles. The van der Waals surface area contributed by atoms with Crippen LogP contribution in [0.1, 0.15) is 24.9 Å². The number of benzene rings is 1. The van der Waals surface area contributed by atoms with Gasteiger partial charge in [-0.05, 0) is 12.0 Å². The van der Waals surface area contributed by atoms with Gasteiger partial charge in [-0.1, -0.05) is 43.3 Å². The van der Waals surface area contributed by atoms with Gasteiger partial charge < -0.3 is 9.88 Å². The van der Waals surface area contributed by atoms with Crippen molar-refractivity contribution in [2.24, 2.45) is 0 Å². The van der Waals surface area contributed by atoms with Crippen LogP contribution in [0.25, 0.3) is 0 Å². The molecule has 0 saturated carbocycles. The van der Waals surface area contributed by atoms with E-state index in [1.807, 2.05) is 24.5 Å². The van der Waals surface area contributed by atoms with Gasteiger partial charge in [0.1, 0.15) is 0 Å². The Morgan fingerprint density at radius 1 is 1.39 bits per heavy atom. The van der Waals surface area contributed by atoms with Gasteiger partial charge in [-0.2, -0.15) is 0 Å². The summed E-state index contributed by atoms with van der Waals surface area (Å²) in [5.74, 6) is 0.894. The molecule has 0 radical (unpaired) electrons. The number of anilines is 1. The first kappa shape index (κ1) is 12.4. The molecule has 0 aliphatic heterocycles. The average molecular weight is 241 g/mol. The molecule has 1 aromatic heterocycles.